The van der Waals surface area contributed by atoms with Gasteiger partial charge in [0.05, 0.1) is 29.9 Å². The molecule has 2 N–H and O–H groups in total. The van der Waals surface area contributed by atoms with Gasteiger partial charge in [0.15, 0.2) is 0 Å². The molecule has 1 aliphatic rings. The van der Waals surface area contributed by atoms with Crippen molar-refractivity contribution in [2.45, 2.75) is 25.7 Å². The molecule has 8 heteroatoms. The van der Waals surface area contributed by atoms with Crippen molar-refractivity contribution in [1.82, 2.24) is 19.9 Å². The summed E-state index contributed by atoms with van der Waals surface area (Å²) in [6.07, 6.45) is 4.21. The Kier molecular flexibility index (Phi) is 6.60. The number of allylic oxidation sites excluding steroid dienone is 1. The first-order chi connectivity index (χ1) is 18.6. The van der Waals surface area contributed by atoms with Gasteiger partial charge in [0.2, 0.25) is 0 Å². The van der Waals surface area contributed by atoms with Crippen LogP contribution < -0.4 is 9.47 Å². The lowest BCUT2D eigenvalue weighted by Crippen LogP contribution is -2.02. The molecule has 6 rings (SSSR count). The number of hydrogen-bond acceptors (Lipinski definition) is 4. The Morgan fingerprint density at radius 3 is 2.13 bits per heavy atom. The van der Waals surface area contributed by atoms with Gasteiger partial charge in [0, 0.05) is 23.2 Å². The van der Waals surface area contributed by atoms with E-state index in [1.165, 1.54) is 18.2 Å². The maximum atomic E-state index is 13.6. The zero-order valence-electron chi connectivity index (χ0n) is 20.6. The number of aryl methyl sites for hydroxylation is 1. The van der Waals surface area contributed by atoms with Crippen LogP contribution in [-0.2, 0) is 6.42 Å². The zero-order chi connectivity index (χ0) is 25.9. The van der Waals surface area contributed by atoms with Crippen LogP contribution in [0.1, 0.15) is 30.7 Å². The quantitative estimate of drug-likeness (QED) is 0.204. The Morgan fingerprint density at radius 1 is 0.737 bits per heavy atom. The van der Waals surface area contributed by atoms with E-state index in [9.17, 15) is 8.78 Å². The molecule has 0 unspecified atom stereocenters. The Morgan fingerprint density at radius 2 is 1.42 bits per heavy atom. The van der Waals surface area contributed by atoms with Crippen molar-refractivity contribution in [3.63, 3.8) is 0 Å². The van der Waals surface area contributed by atoms with Gasteiger partial charge in [-0.2, -0.15) is 0 Å². The van der Waals surface area contributed by atoms with Gasteiger partial charge in [0.25, 0.3) is 0 Å². The highest BCUT2D eigenvalue weighted by Crippen LogP contribution is 2.28. The van der Waals surface area contributed by atoms with E-state index in [0.29, 0.717) is 48.6 Å². The van der Waals surface area contributed by atoms with Gasteiger partial charge in [-0.05, 0) is 67.8 Å². The van der Waals surface area contributed by atoms with Crippen LogP contribution >= 0.6 is 0 Å². The minimum Gasteiger partial charge on any atom is -0.494 e. The van der Waals surface area contributed by atoms with Gasteiger partial charge < -0.3 is 19.4 Å². The standard InChI is InChI=1S/C30H26F2N4O2/c31-21-9-11-25-27(17-21)35-29(33-25)19-5-3-7-23(15-19)37-13-1-2-14-38-24-8-4-6-20(16-24)30-34-26-12-10-22(32)18-28(26)36-30/h3-9,11,15-18H,1-2,10,12-14H2,(H,33,35)(H,34,36). The number of H-pyrrole nitrogens is 2. The molecule has 192 valence electrons. The molecule has 0 amide bonds. The van der Waals surface area contributed by atoms with E-state index >= 15 is 0 Å². The van der Waals surface area contributed by atoms with E-state index in [1.807, 2.05) is 48.5 Å². The predicted octanol–water partition coefficient (Wildman–Crippen LogP) is 7.25. The normalized spacial score (nSPS) is 12.8. The van der Waals surface area contributed by atoms with Gasteiger partial charge in [-0.1, -0.05) is 24.3 Å². The second kappa shape index (κ2) is 10.5. The van der Waals surface area contributed by atoms with Crippen LogP contribution in [0.2, 0.25) is 0 Å². The number of benzene rings is 3. The molecule has 5 aromatic rings. The number of rotatable bonds is 9. The smallest absolute Gasteiger partial charge is 0.138 e. The predicted molar refractivity (Wildman–Crippen MR) is 143 cm³/mol. The van der Waals surface area contributed by atoms with Crippen LogP contribution in [0, 0.1) is 5.82 Å². The topological polar surface area (TPSA) is 75.8 Å². The number of nitrogens with one attached hydrogen (secondary N) is 2. The van der Waals surface area contributed by atoms with Crippen molar-refractivity contribution in [3.8, 4) is 34.3 Å². The van der Waals surface area contributed by atoms with Gasteiger partial charge in [0.1, 0.15) is 34.8 Å². The fraction of sp³-hybridized carbons (Fsp3) is 0.200. The highest BCUT2D eigenvalue weighted by atomic mass is 19.1. The number of halogens is 2. The van der Waals surface area contributed by atoms with Crippen LogP contribution in [0.15, 0.2) is 72.6 Å². The number of aromatic nitrogens is 4. The van der Waals surface area contributed by atoms with Crippen LogP contribution in [0.3, 0.4) is 0 Å². The highest BCUT2D eigenvalue weighted by Gasteiger charge is 2.16. The van der Waals surface area contributed by atoms with Crippen LogP contribution in [0.5, 0.6) is 11.5 Å². The molecule has 0 saturated carbocycles. The molecule has 0 bridgehead atoms. The molecule has 6 nitrogen and oxygen atoms in total. The molecular weight excluding hydrogens is 486 g/mol. The summed E-state index contributed by atoms with van der Waals surface area (Å²) >= 11 is 0. The first-order valence-corrected chi connectivity index (χ1v) is 12.7. The van der Waals surface area contributed by atoms with E-state index in [1.54, 1.807) is 6.07 Å². The van der Waals surface area contributed by atoms with Crippen molar-refractivity contribution in [1.29, 1.82) is 0 Å². The fourth-order valence-corrected chi connectivity index (χ4v) is 4.50. The third kappa shape index (κ3) is 5.29. The van der Waals surface area contributed by atoms with Crippen molar-refractivity contribution in [3.05, 3.63) is 89.8 Å². The molecular formula is C30H26F2N4O2. The number of ether oxygens (including phenoxy) is 2. The van der Waals surface area contributed by atoms with Crippen molar-refractivity contribution >= 4 is 17.1 Å². The maximum absolute atomic E-state index is 13.6. The SMILES string of the molecule is FC1=Cc2nc(-c3cccc(OCCCCOc4cccc(-c5nc6ccc(F)cc6[nH]5)c4)c3)[nH]c2CC1. The molecule has 2 heterocycles. The highest BCUT2D eigenvalue weighted by molar-refractivity contribution is 5.79. The second-order valence-corrected chi connectivity index (χ2v) is 9.25. The summed E-state index contributed by atoms with van der Waals surface area (Å²) in [5.41, 5.74) is 4.80. The number of imidazole rings is 2. The van der Waals surface area contributed by atoms with Gasteiger partial charge >= 0.3 is 0 Å². The second-order valence-electron chi connectivity index (χ2n) is 9.25. The van der Waals surface area contributed by atoms with Crippen molar-refractivity contribution in [2.24, 2.45) is 0 Å². The molecule has 38 heavy (non-hydrogen) atoms. The molecule has 3 aromatic carbocycles. The average Bonchev–Trinajstić information content (AvgIpc) is 3.55. The number of unbranched alkanes of at least 4 members (excludes halogenated alkanes) is 1. The van der Waals surface area contributed by atoms with E-state index in [4.69, 9.17) is 9.47 Å². The van der Waals surface area contributed by atoms with Crippen LogP contribution in [0.4, 0.5) is 8.78 Å². The Bertz CT molecular complexity index is 1620. The minimum atomic E-state index is -0.298. The third-order valence-electron chi connectivity index (χ3n) is 6.45. The zero-order valence-corrected chi connectivity index (χ0v) is 20.6. The summed E-state index contributed by atoms with van der Waals surface area (Å²) in [7, 11) is 0. The average molecular weight is 513 g/mol. The summed E-state index contributed by atoms with van der Waals surface area (Å²) in [6, 6.07) is 19.9. The molecule has 2 aromatic heterocycles. The number of nitrogens with zero attached hydrogens (tertiary/aromatic N) is 2. The number of hydrogen-bond donors (Lipinski definition) is 2. The Balaban J connectivity index is 0.990. The van der Waals surface area contributed by atoms with Crippen LogP contribution in [-0.4, -0.2) is 33.1 Å². The number of aromatic amines is 2. The van der Waals surface area contributed by atoms with Crippen molar-refractivity contribution in [2.75, 3.05) is 13.2 Å². The lowest BCUT2D eigenvalue weighted by molar-refractivity contribution is 0.266. The van der Waals surface area contributed by atoms with Crippen molar-refractivity contribution < 1.29 is 18.3 Å². The Hall–Kier alpha value is -4.46. The molecule has 0 spiro atoms. The molecule has 0 saturated heterocycles. The van der Waals surface area contributed by atoms with Gasteiger partial charge in [-0.15, -0.1) is 0 Å². The van der Waals surface area contributed by atoms with E-state index in [-0.39, 0.29) is 11.6 Å². The molecule has 0 aliphatic heterocycles. The summed E-state index contributed by atoms with van der Waals surface area (Å²) < 4.78 is 38.9. The van der Waals surface area contributed by atoms with E-state index < -0.39 is 0 Å². The molecule has 0 radical (unpaired) electrons. The largest absolute Gasteiger partial charge is 0.494 e. The number of fused-ring (bicyclic) bond motifs is 2. The van der Waals surface area contributed by atoms with Gasteiger partial charge in [-0.25, -0.2) is 18.7 Å². The summed E-state index contributed by atoms with van der Waals surface area (Å²) in [5, 5.41) is 0. The third-order valence-corrected chi connectivity index (χ3v) is 6.45. The summed E-state index contributed by atoms with van der Waals surface area (Å²) in [4.78, 5) is 15.5. The summed E-state index contributed by atoms with van der Waals surface area (Å²) in [6.45, 7) is 1.12. The fourth-order valence-electron chi connectivity index (χ4n) is 4.50. The minimum absolute atomic E-state index is 0.131. The lowest BCUT2D eigenvalue weighted by Gasteiger charge is -2.09. The molecule has 0 atom stereocenters. The molecule has 0 fully saturated rings. The van der Waals surface area contributed by atoms with E-state index in [2.05, 4.69) is 19.9 Å². The first kappa shape index (κ1) is 23.9. The van der Waals surface area contributed by atoms with Crippen LogP contribution in [0.25, 0.3) is 39.9 Å². The monoisotopic (exact) mass is 512 g/mol. The maximum Gasteiger partial charge on any atom is 0.138 e. The van der Waals surface area contributed by atoms with Gasteiger partial charge in [-0.3, -0.25) is 0 Å². The first-order valence-electron chi connectivity index (χ1n) is 12.7. The summed E-state index contributed by atoms with van der Waals surface area (Å²) in [5.74, 6) is 2.47. The van der Waals surface area contributed by atoms with E-state index in [0.717, 1.165) is 47.0 Å². The lowest BCUT2D eigenvalue weighted by atomic mass is 10.1. The Labute approximate surface area is 218 Å². The molecule has 1 aliphatic carbocycles.